The Balaban J connectivity index is 2.37. The normalized spacial score (nSPS) is 12.3. The standard InChI is InChI=1S/C12H17NOSe/c1-2-3-4-7-11(10-14)15-12-8-5-6-9-13-12/h5-6,8-11H,2-4,7H2,1H3. The van der Waals surface area contributed by atoms with Crippen molar-refractivity contribution >= 4 is 25.8 Å². The van der Waals surface area contributed by atoms with Crippen molar-refractivity contribution < 1.29 is 4.79 Å². The summed E-state index contributed by atoms with van der Waals surface area (Å²) in [6.45, 7) is 2.18. The van der Waals surface area contributed by atoms with Crippen LogP contribution in [0.1, 0.15) is 32.6 Å². The van der Waals surface area contributed by atoms with Crippen molar-refractivity contribution in [2.24, 2.45) is 0 Å². The molecule has 1 rings (SSSR count). The van der Waals surface area contributed by atoms with E-state index >= 15 is 0 Å². The Bertz CT molecular complexity index is 276. The molecule has 0 aliphatic rings. The van der Waals surface area contributed by atoms with Crippen LogP contribution < -0.4 is 4.59 Å². The molecule has 2 nitrogen and oxygen atoms in total. The number of hydrogen-bond acceptors (Lipinski definition) is 2. The molecule has 0 N–H and O–H groups in total. The van der Waals surface area contributed by atoms with Gasteiger partial charge in [-0.2, -0.15) is 0 Å². The fourth-order valence-electron chi connectivity index (χ4n) is 1.32. The Morgan fingerprint density at radius 2 is 2.33 bits per heavy atom. The summed E-state index contributed by atoms with van der Waals surface area (Å²) in [6, 6.07) is 5.90. The topological polar surface area (TPSA) is 30.0 Å². The van der Waals surface area contributed by atoms with Gasteiger partial charge in [0.25, 0.3) is 0 Å². The quantitative estimate of drug-likeness (QED) is 0.431. The first-order chi connectivity index (χ1) is 7.36. The number of rotatable bonds is 7. The second-order valence-electron chi connectivity index (χ2n) is 3.46. The van der Waals surface area contributed by atoms with Gasteiger partial charge in [-0.05, 0) is 0 Å². The van der Waals surface area contributed by atoms with Crippen molar-refractivity contribution in [2.45, 2.75) is 37.4 Å². The zero-order chi connectivity index (χ0) is 10.9. The third-order valence-electron chi connectivity index (χ3n) is 2.15. The van der Waals surface area contributed by atoms with Crippen LogP contribution in [0.25, 0.3) is 0 Å². The first kappa shape index (κ1) is 12.4. The summed E-state index contributed by atoms with van der Waals surface area (Å²) in [4.78, 5) is 15.4. The molecule has 1 heterocycles. The molecule has 1 unspecified atom stereocenters. The van der Waals surface area contributed by atoms with E-state index in [1.165, 1.54) is 12.8 Å². The maximum absolute atomic E-state index is 10.9. The molecule has 1 atom stereocenters. The van der Waals surface area contributed by atoms with Crippen molar-refractivity contribution in [3.8, 4) is 0 Å². The van der Waals surface area contributed by atoms with Gasteiger partial charge in [0.2, 0.25) is 0 Å². The SMILES string of the molecule is CCCCCC(C=O)[Se]c1ccccn1. The minimum atomic E-state index is 0.205. The second-order valence-corrected chi connectivity index (χ2v) is 6.10. The summed E-state index contributed by atoms with van der Waals surface area (Å²) in [6.07, 6.45) is 7.52. The van der Waals surface area contributed by atoms with E-state index < -0.39 is 0 Å². The van der Waals surface area contributed by atoms with Gasteiger partial charge in [0.1, 0.15) is 0 Å². The second kappa shape index (κ2) is 7.61. The molecule has 15 heavy (non-hydrogen) atoms. The average molecular weight is 270 g/mol. The van der Waals surface area contributed by atoms with Crippen molar-refractivity contribution in [2.75, 3.05) is 0 Å². The fourth-order valence-corrected chi connectivity index (χ4v) is 3.27. The van der Waals surface area contributed by atoms with Crippen LogP contribution in [-0.4, -0.2) is 26.2 Å². The monoisotopic (exact) mass is 271 g/mol. The van der Waals surface area contributed by atoms with Gasteiger partial charge < -0.3 is 0 Å². The zero-order valence-corrected chi connectivity index (χ0v) is 10.8. The number of hydrogen-bond donors (Lipinski definition) is 0. The summed E-state index contributed by atoms with van der Waals surface area (Å²) >= 11 is 0.205. The van der Waals surface area contributed by atoms with Crippen LogP contribution >= 0.6 is 0 Å². The molecule has 0 bridgehead atoms. The van der Waals surface area contributed by atoms with Crippen LogP contribution in [0.15, 0.2) is 24.4 Å². The van der Waals surface area contributed by atoms with E-state index in [0.717, 1.165) is 23.7 Å². The molecule has 3 heteroatoms. The van der Waals surface area contributed by atoms with E-state index in [0.29, 0.717) is 0 Å². The number of carbonyl (C=O) groups excluding carboxylic acids is 1. The van der Waals surface area contributed by atoms with Gasteiger partial charge in [-0.3, -0.25) is 0 Å². The predicted molar refractivity (Wildman–Crippen MR) is 63.6 cm³/mol. The van der Waals surface area contributed by atoms with E-state index in [2.05, 4.69) is 11.9 Å². The molecular formula is C12H17NOSe. The Morgan fingerprint density at radius 3 is 2.93 bits per heavy atom. The van der Waals surface area contributed by atoms with E-state index in [4.69, 9.17) is 0 Å². The molecule has 0 radical (unpaired) electrons. The van der Waals surface area contributed by atoms with Gasteiger partial charge >= 0.3 is 97.4 Å². The molecule has 0 saturated carbocycles. The Labute approximate surface area is 97.6 Å². The molecule has 0 amide bonds. The number of aromatic nitrogens is 1. The van der Waals surface area contributed by atoms with E-state index in [1.807, 2.05) is 18.2 Å². The molecule has 1 aromatic rings. The van der Waals surface area contributed by atoms with E-state index in [1.54, 1.807) is 6.20 Å². The summed E-state index contributed by atoms with van der Waals surface area (Å²) in [5.74, 6) is 0. The molecule has 0 aliphatic heterocycles. The predicted octanol–water partition coefficient (Wildman–Crippen LogP) is 1.98. The van der Waals surface area contributed by atoms with Crippen LogP contribution in [0.3, 0.4) is 0 Å². The fraction of sp³-hybridized carbons (Fsp3) is 0.500. The molecule has 82 valence electrons. The molecule has 0 saturated heterocycles. The Morgan fingerprint density at radius 1 is 1.47 bits per heavy atom. The molecule has 0 spiro atoms. The number of pyridine rings is 1. The Hall–Kier alpha value is -0.661. The first-order valence-corrected chi connectivity index (χ1v) is 7.24. The molecule has 0 aromatic carbocycles. The van der Waals surface area contributed by atoms with Crippen molar-refractivity contribution in [3.63, 3.8) is 0 Å². The molecule has 0 aliphatic carbocycles. The van der Waals surface area contributed by atoms with Gasteiger partial charge in [-0.25, -0.2) is 0 Å². The number of unbranched alkanes of at least 4 members (excludes halogenated alkanes) is 2. The molecule has 0 fully saturated rings. The van der Waals surface area contributed by atoms with E-state index in [9.17, 15) is 4.79 Å². The summed E-state index contributed by atoms with van der Waals surface area (Å²) in [7, 11) is 0. The summed E-state index contributed by atoms with van der Waals surface area (Å²) in [5, 5.41) is 0. The number of carbonyl (C=O) groups is 1. The zero-order valence-electron chi connectivity index (χ0n) is 9.06. The van der Waals surface area contributed by atoms with Gasteiger partial charge in [-0.15, -0.1) is 0 Å². The van der Waals surface area contributed by atoms with Gasteiger partial charge in [0, 0.05) is 0 Å². The van der Waals surface area contributed by atoms with E-state index in [-0.39, 0.29) is 19.8 Å². The molecule has 1 aromatic heterocycles. The Kier molecular flexibility index (Phi) is 6.29. The number of nitrogens with zero attached hydrogens (tertiary/aromatic N) is 1. The van der Waals surface area contributed by atoms with Gasteiger partial charge in [0.15, 0.2) is 0 Å². The van der Waals surface area contributed by atoms with Gasteiger partial charge in [0.05, 0.1) is 0 Å². The summed E-state index contributed by atoms with van der Waals surface area (Å²) in [5.41, 5.74) is 0. The average Bonchev–Trinajstić information content (AvgIpc) is 2.29. The van der Waals surface area contributed by atoms with Crippen molar-refractivity contribution in [1.82, 2.24) is 4.98 Å². The van der Waals surface area contributed by atoms with Gasteiger partial charge in [-0.1, -0.05) is 0 Å². The van der Waals surface area contributed by atoms with Crippen LogP contribution in [0.5, 0.6) is 0 Å². The van der Waals surface area contributed by atoms with Crippen molar-refractivity contribution in [1.29, 1.82) is 0 Å². The van der Waals surface area contributed by atoms with Crippen molar-refractivity contribution in [3.05, 3.63) is 24.4 Å². The summed E-state index contributed by atoms with van der Waals surface area (Å²) < 4.78 is 1.08. The van der Waals surface area contributed by atoms with Crippen LogP contribution in [0, 0.1) is 0 Å². The first-order valence-electron chi connectivity index (χ1n) is 5.39. The third-order valence-corrected chi connectivity index (χ3v) is 4.53. The maximum atomic E-state index is 10.9. The van der Waals surface area contributed by atoms with Crippen LogP contribution in [0.2, 0.25) is 4.82 Å². The number of aldehydes is 1. The third kappa shape index (κ3) is 5.10. The van der Waals surface area contributed by atoms with Crippen LogP contribution in [-0.2, 0) is 4.79 Å². The minimum absolute atomic E-state index is 0.205. The van der Waals surface area contributed by atoms with Crippen LogP contribution in [0.4, 0.5) is 0 Å². The molecular weight excluding hydrogens is 253 g/mol.